The third kappa shape index (κ3) is 10.8. The minimum Gasteiger partial charge on any atom is -0.456 e. The van der Waals surface area contributed by atoms with Gasteiger partial charge in [-0.3, -0.25) is 14.4 Å². The number of Topliss-reactive ketones (excluding diaryl/α,β-unsaturated/α-hetero) is 2. The molecule has 0 radical (unpaired) electrons. The summed E-state index contributed by atoms with van der Waals surface area (Å²) in [6.45, 7) is 10.2. The SMILES string of the molecule is CCC1C=C(C)C(F)C(C)CC(OC)C2OC(O)(C(=O)C(=O)N3CCCCC3C(=O)OC(C(C)=CC3CCC(O)C(OC)C3)C(C)C(O)CC1=O)C(C)CC2OC. The summed E-state index contributed by atoms with van der Waals surface area (Å²) >= 11 is 0. The molecule has 0 aromatic carbocycles. The second kappa shape index (κ2) is 20.6. The first kappa shape index (κ1) is 47.1. The summed E-state index contributed by atoms with van der Waals surface area (Å²) in [7, 11) is 4.42. The molecule has 1 amide bonds. The van der Waals surface area contributed by atoms with Crippen molar-refractivity contribution in [2.45, 2.75) is 166 Å². The number of halogens is 1. The largest absolute Gasteiger partial charge is 0.456 e. The van der Waals surface area contributed by atoms with E-state index >= 15 is 4.39 Å². The van der Waals surface area contributed by atoms with Gasteiger partial charge in [-0.25, -0.2) is 9.18 Å². The summed E-state index contributed by atoms with van der Waals surface area (Å²) < 4.78 is 45.6. The van der Waals surface area contributed by atoms with E-state index in [0.29, 0.717) is 49.7 Å². The number of carbonyl (C=O) groups excluding carboxylic acids is 4. The summed E-state index contributed by atoms with van der Waals surface area (Å²) in [4.78, 5) is 57.6. The number of hydrogen-bond acceptors (Lipinski definition) is 12. The molecule has 0 spiro atoms. The quantitative estimate of drug-likeness (QED) is 0.196. The molecule has 13 nitrogen and oxygen atoms in total. The Hall–Kier alpha value is -2.59. The Morgan fingerprint density at radius 1 is 0.947 bits per heavy atom. The Labute approximate surface area is 337 Å². The normalized spacial score (nSPS) is 41.5. The molecule has 3 heterocycles. The molecule has 324 valence electrons. The van der Waals surface area contributed by atoms with Crippen LogP contribution in [0.2, 0.25) is 0 Å². The number of allylic oxidation sites excluding steroid dienone is 3. The highest BCUT2D eigenvalue weighted by molar-refractivity contribution is 6.39. The van der Waals surface area contributed by atoms with E-state index in [4.69, 9.17) is 23.7 Å². The van der Waals surface area contributed by atoms with E-state index in [0.717, 1.165) is 4.90 Å². The van der Waals surface area contributed by atoms with Gasteiger partial charge in [-0.1, -0.05) is 39.8 Å². The number of esters is 1. The summed E-state index contributed by atoms with van der Waals surface area (Å²) in [5.41, 5.74) is 0.947. The second-order valence-corrected chi connectivity index (χ2v) is 17.1. The summed E-state index contributed by atoms with van der Waals surface area (Å²) in [6, 6.07) is -1.18. The lowest BCUT2D eigenvalue weighted by atomic mass is 9.81. The van der Waals surface area contributed by atoms with Crippen LogP contribution in [0.3, 0.4) is 0 Å². The van der Waals surface area contributed by atoms with Crippen LogP contribution >= 0.6 is 0 Å². The van der Waals surface area contributed by atoms with E-state index in [1.54, 1.807) is 47.8 Å². The molecule has 3 fully saturated rings. The molecule has 15 atom stereocenters. The number of amides is 1. The van der Waals surface area contributed by atoms with Crippen LogP contribution in [-0.4, -0.2) is 132 Å². The number of rotatable bonds is 6. The van der Waals surface area contributed by atoms with Crippen molar-refractivity contribution in [2.24, 2.45) is 29.6 Å². The van der Waals surface area contributed by atoms with Gasteiger partial charge in [-0.2, -0.15) is 0 Å². The number of alkyl halides is 1. The van der Waals surface area contributed by atoms with Crippen molar-refractivity contribution in [1.29, 1.82) is 0 Å². The molecule has 0 aromatic heterocycles. The van der Waals surface area contributed by atoms with Gasteiger partial charge in [0.05, 0.1) is 30.5 Å². The van der Waals surface area contributed by atoms with Gasteiger partial charge in [0, 0.05) is 52.0 Å². The fourth-order valence-corrected chi connectivity index (χ4v) is 9.29. The number of aliphatic hydroxyl groups is 3. The molecule has 1 aliphatic carbocycles. The number of ketones is 2. The van der Waals surface area contributed by atoms with E-state index in [2.05, 4.69) is 0 Å². The number of fused-ring (bicyclic) bond motifs is 3. The van der Waals surface area contributed by atoms with Gasteiger partial charge in [-0.05, 0) is 94.6 Å². The monoisotopic (exact) mass is 809 g/mol. The molecule has 2 bridgehead atoms. The van der Waals surface area contributed by atoms with E-state index in [1.807, 2.05) is 13.0 Å². The number of nitrogens with zero attached hydrogens (tertiary/aromatic N) is 1. The Balaban J connectivity index is 1.79. The van der Waals surface area contributed by atoms with Crippen LogP contribution in [-0.2, 0) is 42.9 Å². The van der Waals surface area contributed by atoms with Gasteiger partial charge >= 0.3 is 5.97 Å². The standard InChI is InChI=1S/C43H68FNO12/c1-10-29-18-23(2)37(44)24(3)19-35(54-8)39-36(55-9)20-26(5)43(52,57-39)40(49)41(50)45-16-12-11-13-30(45)42(51)56-38(27(6)32(47)22-33(29)48)25(4)17-28-14-15-31(46)34(21-28)53-7/h17-18,24,26-32,34-39,46-47,52H,10-16,19-22H2,1-9H3. The number of cyclic esters (lactones) is 1. The average Bonchev–Trinajstić information content (AvgIpc) is 3.20. The highest BCUT2D eigenvalue weighted by Gasteiger charge is 2.57. The third-order valence-electron chi connectivity index (χ3n) is 13.1. The van der Waals surface area contributed by atoms with E-state index < -0.39 is 96.0 Å². The minimum atomic E-state index is -2.60. The summed E-state index contributed by atoms with van der Waals surface area (Å²) in [6.07, 6.45) is -0.581. The molecule has 14 heteroatoms. The van der Waals surface area contributed by atoms with Gasteiger partial charge in [-0.15, -0.1) is 0 Å². The molecule has 57 heavy (non-hydrogen) atoms. The van der Waals surface area contributed by atoms with Gasteiger partial charge < -0.3 is 43.9 Å². The van der Waals surface area contributed by atoms with Crippen LogP contribution in [0, 0.1) is 29.6 Å². The Morgan fingerprint density at radius 2 is 1.60 bits per heavy atom. The zero-order valence-electron chi connectivity index (χ0n) is 35.4. The number of carbonyl (C=O) groups is 4. The Bertz CT molecular complexity index is 1470. The number of ether oxygens (including phenoxy) is 5. The van der Waals surface area contributed by atoms with E-state index in [1.165, 1.54) is 14.2 Å². The van der Waals surface area contributed by atoms with Crippen molar-refractivity contribution >= 4 is 23.4 Å². The van der Waals surface area contributed by atoms with Crippen LogP contribution in [0.4, 0.5) is 4.39 Å². The van der Waals surface area contributed by atoms with Crippen LogP contribution < -0.4 is 0 Å². The fourth-order valence-electron chi connectivity index (χ4n) is 9.29. The van der Waals surface area contributed by atoms with Gasteiger partial charge in [0.2, 0.25) is 5.79 Å². The molecule has 2 saturated heterocycles. The molecule has 3 N–H and O–H groups in total. The second-order valence-electron chi connectivity index (χ2n) is 17.1. The maximum atomic E-state index is 16.2. The first-order valence-corrected chi connectivity index (χ1v) is 20.9. The first-order chi connectivity index (χ1) is 26.9. The molecular weight excluding hydrogens is 741 g/mol. The highest BCUT2D eigenvalue weighted by atomic mass is 19.1. The first-order valence-electron chi connectivity index (χ1n) is 20.9. The zero-order valence-corrected chi connectivity index (χ0v) is 35.4. The van der Waals surface area contributed by atoms with Crippen molar-refractivity contribution in [1.82, 2.24) is 4.90 Å². The molecule has 4 aliphatic rings. The van der Waals surface area contributed by atoms with Crippen molar-refractivity contribution in [3.63, 3.8) is 0 Å². The summed E-state index contributed by atoms with van der Waals surface area (Å²) in [5.74, 6) is -9.10. The predicted molar refractivity (Wildman–Crippen MR) is 208 cm³/mol. The van der Waals surface area contributed by atoms with E-state index in [-0.39, 0.29) is 50.0 Å². The van der Waals surface area contributed by atoms with Crippen molar-refractivity contribution < 1.29 is 62.6 Å². The fraction of sp³-hybridized carbons (Fsp3) is 0.814. The Morgan fingerprint density at radius 3 is 2.23 bits per heavy atom. The average molecular weight is 810 g/mol. The predicted octanol–water partition coefficient (Wildman–Crippen LogP) is 4.42. The van der Waals surface area contributed by atoms with E-state index in [9.17, 15) is 34.5 Å². The number of methoxy groups -OCH3 is 3. The highest BCUT2D eigenvalue weighted by Crippen LogP contribution is 2.39. The topological polar surface area (TPSA) is 178 Å². The number of piperidine rings is 1. The van der Waals surface area contributed by atoms with Crippen molar-refractivity contribution in [3.05, 3.63) is 23.3 Å². The van der Waals surface area contributed by atoms with Crippen LogP contribution in [0.1, 0.15) is 106 Å². The maximum Gasteiger partial charge on any atom is 0.329 e. The lowest BCUT2D eigenvalue weighted by Crippen LogP contribution is -2.64. The lowest BCUT2D eigenvalue weighted by molar-refractivity contribution is -0.302. The van der Waals surface area contributed by atoms with Crippen LogP contribution in [0.25, 0.3) is 0 Å². The molecule has 15 unspecified atom stereocenters. The minimum absolute atomic E-state index is 0.0374. The maximum absolute atomic E-state index is 16.2. The number of aliphatic hydroxyl groups excluding tert-OH is 2. The van der Waals surface area contributed by atoms with Gasteiger partial charge in [0.25, 0.3) is 11.7 Å². The van der Waals surface area contributed by atoms with Gasteiger partial charge in [0.1, 0.15) is 30.2 Å². The van der Waals surface area contributed by atoms with Crippen molar-refractivity contribution in [2.75, 3.05) is 27.9 Å². The van der Waals surface area contributed by atoms with Crippen LogP contribution in [0.5, 0.6) is 0 Å². The zero-order chi connectivity index (χ0) is 42.4. The molecule has 0 aromatic rings. The third-order valence-corrected chi connectivity index (χ3v) is 13.1. The molecule has 3 aliphatic heterocycles. The van der Waals surface area contributed by atoms with Crippen molar-refractivity contribution in [3.8, 4) is 0 Å². The van der Waals surface area contributed by atoms with Crippen LogP contribution in [0.15, 0.2) is 23.3 Å². The molecule has 1 saturated carbocycles. The smallest absolute Gasteiger partial charge is 0.329 e. The van der Waals surface area contributed by atoms with Gasteiger partial charge in [0.15, 0.2) is 0 Å². The Kier molecular flexibility index (Phi) is 17.0. The lowest BCUT2D eigenvalue weighted by Gasteiger charge is -2.47. The number of hydrogen-bond donors (Lipinski definition) is 3. The molecular formula is C43H68FNO12. The summed E-state index contributed by atoms with van der Waals surface area (Å²) in [5, 5.41) is 34.0. The molecule has 4 rings (SSSR count).